The van der Waals surface area contributed by atoms with E-state index in [0.29, 0.717) is 13.1 Å². The predicted molar refractivity (Wildman–Crippen MR) is 152 cm³/mol. The van der Waals surface area contributed by atoms with Gasteiger partial charge in [-0.15, -0.1) is 0 Å². The highest BCUT2D eigenvalue weighted by molar-refractivity contribution is 6.30. The third-order valence-corrected chi connectivity index (χ3v) is 7.26. The maximum absolute atomic E-state index is 12.9. The Morgan fingerprint density at radius 2 is 1.66 bits per heavy atom. The van der Waals surface area contributed by atoms with Crippen molar-refractivity contribution in [1.82, 2.24) is 14.5 Å². The number of imidazole rings is 1. The summed E-state index contributed by atoms with van der Waals surface area (Å²) >= 11 is 6.04. The Bertz CT molecular complexity index is 1300. The van der Waals surface area contributed by atoms with E-state index in [1.807, 2.05) is 72.9 Å². The first-order valence-electron chi connectivity index (χ1n) is 13.1. The van der Waals surface area contributed by atoms with Crippen molar-refractivity contribution in [3.8, 4) is 5.75 Å². The Kier molecular flexibility index (Phi) is 8.29. The van der Waals surface area contributed by atoms with Crippen molar-refractivity contribution < 1.29 is 9.53 Å². The van der Waals surface area contributed by atoms with E-state index >= 15 is 0 Å². The minimum absolute atomic E-state index is 0.00191. The zero-order chi connectivity index (χ0) is 26.3. The smallest absolute Gasteiger partial charge is 0.253 e. The third-order valence-electron chi connectivity index (χ3n) is 7.01. The SMILES string of the molecule is Cc1ccc(C(=O)N2CCN(c3ccc(OC(CCc4ccc(Cl)cc4)Cn4ccnc4)cc3)CC2)cc1. The fourth-order valence-corrected chi connectivity index (χ4v) is 4.90. The number of hydrogen-bond acceptors (Lipinski definition) is 4. The van der Waals surface area contributed by atoms with Crippen LogP contribution in [0.25, 0.3) is 0 Å². The highest BCUT2D eigenvalue weighted by Gasteiger charge is 2.22. The van der Waals surface area contributed by atoms with Gasteiger partial charge in [-0.2, -0.15) is 0 Å². The minimum atomic E-state index is 0.00191. The molecule has 5 rings (SSSR count). The Morgan fingerprint density at radius 1 is 0.947 bits per heavy atom. The molecule has 0 saturated carbocycles. The number of aryl methyl sites for hydroxylation is 2. The van der Waals surface area contributed by atoms with Gasteiger partial charge < -0.3 is 19.1 Å². The molecule has 4 aromatic rings. The standard InChI is InChI=1S/C31H33ClN4O2/c1-24-2-7-26(8-3-24)31(37)36-20-18-35(19-21-36)28-11-14-29(15-12-28)38-30(22-34-17-16-33-23-34)13-6-25-4-9-27(32)10-5-25/h2-5,7-12,14-17,23,30H,6,13,18-22H2,1H3. The first-order valence-corrected chi connectivity index (χ1v) is 13.5. The lowest BCUT2D eigenvalue weighted by Crippen LogP contribution is -2.48. The van der Waals surface area contributed by atoms with Crippen molar-refractivity contribution in [2.24, 2.45) is 0 Å². The van der Waals surface area contributed by atoms with Crippen LogP contribution in [0.5, 0.6) is 5.75 Å². The van der Waals surface area contributed by atoms with E-state index in [1.54, 1.807) is 6.20 Å². The molecule has 38 heavy (non-hydrogen) atoms. The molecule has 1 aromatic heterocycles. The topological polar surface area (TPSA) is 50.6 Å². The number of amides is 1. The Morgan fingerprint density at radius 3 is 2.32 bits per heavy atom. The van der Waals surface area contributed by atoms with Crippen molar-refractivity contribution in [3.05, 3.63) is 113 Å². The number of carbonyl (C=O) groups is 1. The number of hydrogen-bond donors (Lipinski definition) is 0. The summed E-state index contributed by atoms with van der Waals surface area (Å²) in [6.45, 7) is 5.80. The molecule has 0 radical (unpaired) electrons. The Labute approximate surface area is 229 Å². The zero-order valence-corrected chi connectivity index (χ0v) is 22.4. The molecular formula is C31H33ClN4O2. The first-order chi connectivity index (χ1) is 18.5. The van der Waals surface area contributed by atoms with Crippen LogP contribution in [0.15, 0.2) is 91.5 Å². The monoisotopic (exact) mass is 528 g/mol. The third kappa shape index (κ3) is 6.75. The lowest BCUT2D eigenvalue weighted by Gasteiger charge is -2.36. The van der Waals surface area contributed by atoms with Crippen LogP contribution in [-0.2, 0) is 13.0 Å². The summed E-state index contributed by atoms with van der Waals surface area (Å²) in [5, 5.41) is 0.749. The van der Waals surface area contributed by atoms with E-state index in [1.165, 1.54) is 5.56 Å². The predicted octanol–water partition coefficient (Wildman–Crippen LogP) is 5.89. The van der Waals surface area contributed by atoms with Gasteiger partial charge in [-0.05, 0) is 73.9 Å². The minimum Gasteiger partial charge on any atom is -0.489 e. The zero-order valence-electron chi connectivity index (χ0n) is 21.7. The molecule has 1 saturated heterocycles. The molecule has 196 valence electrons. The van der Waals surface area contributed by atoms with Gasteiger partial charge in [-0.1, -0.05) is 41.4 Å². The fraction of sp³-hybridized carbons (Fsp3) is 0.290. The summed E-state index contributed by atoms with van der Waals surface area (Å²) in [7, 11) is 0. The normalized spacial score (nSPS) is 14.4. The number of ether oxygens (including phenoxy) is 1. The summed E-state index contributed by atoms with van der Waals surface area (Å²) in [4.78, 5) is 21.3. The highest BCUT2D eigenvalue weighted by Crippen LogP contribution is 2.23. The van der Waals surface area contributed by atoms with Gasteiger partial charge in [0.2, 0.25) is 0 Å². The lowest BCUT2D eigenvalue weighted by molar-refractivity contribution is 0.0747. The molecule has 6 nitrogen and oxygen atoms in total. The lowest BCUT2D eigenvalue weighted by atomic mass is 10.1. The maximum atomic E-state index is 12.9. The fourth-order valence-electron chi connectivity index (χ4n) is 4.77. The van der Waals surface area contributed by atoms with Crippen LogP contribution in [-0.4, -0.2) is 52.6 Å². The van der Waals surface area contributed by atoms with Gasteiger partial charge in [0, 0.05) is 54.8 Å². The van der Waals surface area contributed by atoms with Gasteiger partial charge in [0.25, 0.3) is 5.91 Å². The Balaban J connectivity index is 1.17. The van der Waals surface area contributed by atoms with Crippen LogP contribution in [0.2, 0.25) is 5.02 Å². The molecule has 2 heterocycles. The Hall–Kier alpha value is -3.77. The van der Waals surface area contributed by atoms with Gasteiger partial charge in [-0.3, -0.25) is 4.79 Å². The summed E-state index contributed by atoms with van der Waals surface area (Å²) in [5.74, 6) is 0.957. The number of piperazine rings is 1. The molecule has 0 bridgehead atoms. The van der Waals surface area contributed by atoms with Crippen LogP contribution >= 0.6 is 11.6 Å². The van der Waals surface area contributed by atoms with Crippen LogP contribution in [0, 0.1) is 6.92 Å². The number of carbonyl (C=O) groups excluding carboxylic acids is 1. The molecule has 1 fully saturated rings. The average molecular weight is 529 g/mol. The summed E-state index contributed by atoms with van der Waals surface area (Å²) < 4.78 is 8.49. The summed E-state index contributed by atoms with van der Waals surface area (Å²) in [6, 6.07) is 24.1. The van der Waals surface area contributed by atoms with E-state index in [-0.39, 0.29) is 12.0 Å². The van der Waals surface area contributed by atoms with Crippen molar-refractivity contribution in [2.75, 3.05) is 31.1 Å². The second-order valence-electron chi connectivity index (χ2n) is 9.80. The number of halogens is 1. The number of anilines is 1. The number of rotatable bonds is 9. The molecule has 1 atom stereocenters. The second kappa shape index (κ2) is 12.2. The molecule has 1 amide bonds. The van der Waals surface area contributed by atoms with Gasteiger partial charge in [0.15, 0.2) is 0 Å². The van der Waals surface area contributed by atoms with Gasteiger partial charge in [-0.25, -0.2) is 4.98 Å². The van der Waals surface area contributed by atoms with E-state index in [0.717, 1.165) is 60.1 Å². The van der Waals surface area contributed by atoms with Gasteiger partial charge >= 0.3 is 0 Å². The van der Waals surface area contributed by atoms with Crippen LogP contribution < -0.4 is 9.64 Å². The van der Waals surface area contributed by atoms with Crippen LogP contribution in [0.1, 0.15) is 27.9 Å². The highest BCUT2D eigenvalue weighted by atomic mass is 35.5. The molecule has 7 heteroatoms. The maximum Gasteiger partial charge on any atom is 0.253 e. The molecule has 3 aromatic carbocycles. The van der Waals surface area contributed by atoms with E-state index in [4.69, 9.17) is 16.3 Å². The van der Waals surface area contributed by atoms with Gasteiger partial charge in [0.1, 0.15) is 11.9 Å². The summed E-state index contributed by atoms with van der Waals surface area (Å²) in [6.07, 6.45) is 7.36. The molecule has 1 aliphatic heterocycles. The largest absolute Gasteiger partial charge is 0.489 e. The molecule has 1 unspecified atom stereocenters. The summed E-state index contributed by atoms with van der Waals surface area (Å²) in [5.41, 5.74) is 4.30. The van der Waals surface area contributed by atoms with Crippen molar-refractivity contribution in [2.45, 2.75) is 32.4 Å². The molecule has 0 aliphatic carbocycles. The molecular weight excluding hydrogens is 496 g/mol. The number of benzene rings is 3. The van der Waals surface area contributed by atoms with Crippen molar-refractivity contribution in [1.29, 1.82) is 0 Å². The molecule has 0 spiro atoms. The van der Waals surface area contributed by atoms with Crippen LogP contribution in [0.4, 0.5) is 5.69 Å². The van der Waals surface area contributed by atoms with Crippen LogP contribution in [0.3, 0.4) is 0 Å². The van der Waals surface area contributed by atoms with E-state index < -0.39 is 0 Å². The number of aromatic nitrogens is 2. The molecule has 1 aliphatic rings. The molecule has 0 N–H and O–H groups in total. The first kappa shape index (κ1) is 25.9. The van der Waals surface area contributed by atoms with Crippen molar-refractivity contribution in [3.63, 3.8) is 0 Å². The van der Waals surface area contributed by atoms with Crippen molar-refractivity contribution >= 4 is 23.2 Å². The number of nitrogens with zero attached hydrogens (tertiary/aromatic N) is 4. The van der Waals surface area contributed by atoms with E-state index in [2.05, 4.69) is 38.7 Å². The quantitative estimate of drug-likeness (QED) is 0.272. The second-order valence-corrected chi connectivity index (χ2v) is 10.2. The van der Waals surface area contributed by atoms with E-state index in [9.17, 15) is 4.79 Å². The van der Waals surface area contributed by atoms with Gasteiger partial charge in [0.05, 0.1) is 12.9 Å². The average Bonchev–Trinajstić information content (AvgIpc) is 3.46.